The fraction of sp³-hybridized carbons (Fsp3) is 0.0909. The summed E-state index contributed by atoms with van der Waals surface area (Å²) in [4.78, 5) is 22.6. The lowest BCUT2D eigenvalue weighted by atomic mass is 10.2. The molecule has 0 aliphatic carbocycles. The highest BCUT2D eigenvalue weighted by Crippen LogP contribution is 2.17. The Labute approximate surface area is 157 Å². The smallest absolute Gasteiger partial charge is 0.262 e. The number of ether oxygens (including phenoxy) is 2. The second-order valence-corrected chi connectivity index (χ2v) is 5.82. The summed E-state index contributed by atoms with van der Waals surface area (Å²) in [5.41, 5.74) is 2.31. The molecule has 3 rings (SSSR count). The maximum atomic E-state index is 12.0. The van der Waals surface area contributed by atoms with E-state index < -0.39 is 0 Å². The molecule has 5 heteroatoms. The second kappa shape index (κ2) is 9.20. The van der Waals surface area contributed by atoms with Gasteiger partial charge in [0.25, 0.3) is 5.91 Å². The molecule has 0 spiro atoms. The van der Waals surface area contributed by atoms with Crippen molar-refractivity contribution in [1.29, 1.82) is 0 Å². The van der Waals surface area contributed by atoms with Crippen molar-refractivity contribution in [3.63, 3.8) is 0 Å². The molecule has 1 N–H and O–H groups in total. The topological polar surface area (TPSA) is 64.6 Å². The highest BCUT2D eigenvalue weighted by Gasteiger charge is 2.04. The van der Waals surface area contributed by atoms with Crippen LogP contribution < -0.4 is 14.8 Å². The summed E-state index contributed by atoms with van der Waals surface area (Å²) in [6.07, 6.45) is 0.754. The minimum Gasteiger partial charge on any atom is -0.489 e. The molecule has 0 bridgehead atoms. The summed E-state index contributed by atoms with van der Waals surface area (Å²) in [7, 11) is 0. The van der Waals surface area contributed by atoms with E-state index in [4.69, 9.17) is 9.47 Å². The zero-order chi connectivity index (χ0) is 18.9. The first-order chi connectivity index (χ1) is 13.2. The Balaban J connectivity index is 1.45. The van der Waals surface area contributed by atoms with Crippen LogP contribution in [0.4, 0.5) is 5.69 Å². The standard InChI is InChI=1S/C22H19NO4/c24-14-17-6-10-20(11-7-17)27-16-22(25)23-19-8-12-21(13-9-19)26-15-18-4-2-1-3-5-18/h1-14H,15-16H2,(H,23,25). The van der Waals surface area contributed by atoms with E-state index in [1.54, 1.807) is 48.5 Å². The monoisotopic (exact) mass is 361 g/mol. The third-order valence-electron chi connectivity index (χ3n) is 3.77. The molecule has 3 aromatic rings. The number of nitrogens with one attached hydrogen (secondary N) is 1. The number of amides is 1. The third kappa shape index (κ3) is 5.71. The molecule has 27 heavy (non-hydrogen) atoms. The van der Waals surface area contributed by atoms with E-state index in [1.165, 1.54) is 0 Å². The Morgan fingerprint density at radius 3 is 2.11 bits per heavy atom. The predicted molar refractivity (Wildman–Crippen MR) is 103 cm³/mol. The number of benzene rings is 3. The first-order valence-electron chi connectivity index (χ1n) is 8.47. The number of aldehydes is 1. The van der Waals surface area contributed by atoms with Crippen LogP contribution in [0.3, 0.4) is 0 Å². The van der Waals surface area contributed by atoms with Crippen LogP contribution in [0.1, 0.15) is 15.9 Å². The van der Waals surface area contributed by atoms with E-state index in [0.29, 0.717) is 23.6 Å². The molecule has 3 aromatic carbocycles. The van der Waals surface area contributed by atoms with Crippen LogP contribution in [0.5, 0.6) is 11.5 Å². The lowest BCUT2D eigenvalue weighted by Crippen LogP contribution is -2.20. The van der Waals surface area contributed by atoms with Gasteiger partial charge < -0.3 is 14.8 Å². The Bertz CT molecular complexity index is 874. The molecular formula is C22H19NO4. The summed E-state index contributed by atoms with van der Waals surface area (Å²) >= 11 is 0. The van der Waals surface area contributed by atoms with E-state index >= 15 is 0 Å². The molecule has 0 heterocycles. The number of hydrogen-bond acceptors (Lipinski definition) is 4. The molecule has 0 aromatic heterocycles. The second-order valence-electron chi connectivity index (χ2n) is 5.82. The molecule has 0 radical (unpaired) electrons. The summed E-state index contributed by atoms with van der Waals surface area (Å²) in [6, 6.07) is 23.6. The quantitative estimate of drug-likeness (QED) is 0.614. The van der Waals surface area contributed by atoms with Gasteiger partial charge in [-0.15, -0.1) is 0 Å². The van der Waals surface area contributed by atoms with E-state index in [2.05, 4.69) is 5.32 Å². The molecule has 0 fully saturated rings. The van der Waals surface area contributed by atoms with Crippen molar-refractivity contribution in [3.05, 3.63) is 90.0 Å². The van der Waals surface area contributed by atoms with Gasteiger partial charge in [0.1, 0.15) is 24.4 Å². The summed E-state index contributed by atoms with van der Waals surface area (Å²) in [6.45, 7) is 0.371. The highest BCUT2D eigenvalue weighted by atomic mass is 16.5. The Kier molecular flexibility index (Phi) is 6.20. The van der Waals surface area contributed by atoms with Crippen LogP contribution in [0.25, 0.3) is 0 Å². The fourth-order valence-corrected chi connectivity index (χ4v) is 2.36. The highest BCUT2D eigenvalue weighted by molar-refractivity contribution is 5.91. The summed E-state index contributed by atoms with van der Waals surface area (Å²) in [5, 5.41) is 2.76. The van der Waals surface area contributed by atoms with E-state index in [-0.39, 0.29) is 12.5 Å². The molecule has 0 atom stereocenters. The summed E-state index contributed by atoms with van der Waals surface area (Å²) in [5.74, 6) is 0.983. The number of rotatable bonds is 8. The van der Waals surface area contributed by atoms with Gasteiger partial charge in [0.2, 0.25) is 0 Å². The van der Waals surface area contributed by atoms with Crippen LogP contribution in [0, 0.1) is 0 Å². The maximum absolute atomic E-state index is 12.0. The molecule has 0 aliphatic heterocycles. The number of carbonyl (C=O) groups excluding carboxylic acids is 2. The number of carbonyl (C=O) groups is 2. The van der Waals surface area contributed by atoms with Gasteiger partial charge in [0.05, 0.1) is 0 Å². The fourth-order valence-electron chi connectivity index (χ4n) is 2.36. The van der Waals surface area contributed by atoms with Gasteiger partial charge in [-0.05, 0) is 54.1 Å². The van der Waals surface area contributed by atoms with Gasteiger partial charge in [-0.25, -0.2) is 0 Å². The van der Waals surface area contributed by atoms with E-state index in [9.17, 15) is 9.59 Å². The van der Waals surface area contributed by atoms with Crippen molar-refractivity contribution in [1.82, 2.24) is 0 Å². The van der Waals surface area contributed by atoms with Crippen LogP contribution in [0.15, 0.2) is 78.9 Å². The normalized spacial score (nSPS) is 10.1. The summed E-state index contributed by atoms with van der Waals surface area (Å²) < 4.78 is 11.1. The van der Waals surface area contributed by atoms with Crippen molar-refractivity contribution in [2.24, 2.45) is 0 Å². The average Bonchev–Trinajstić information content (AvgIpc) is 2.73. The van der Waals surface area contributed by atoms with Crippen molar-refractivity contribution in [2.45, 2.75) is 6.61 Å². The van der Waals surface area contributed by atoms with Gasteiger partial charge >= 0.3 is 0 Å². The lowest BCUT2D eigenvalue weighted by Gasteiger charge is -2.09. The SMILES string of the molecule is O=Cc1ccc(OCC(=O)Nc2ccc(OCc3ccccc3)cc2)cc1. The largest absolute Gasteiger partial charge is 0.489 e. The van der Waals surface area contributed by atoms with Crippen molar-refractivity contribution in [3.8, 4) is 11.5 Å². The number of hydrogen-bond donors (Lipinski definition) is 1. The lowest BCUT2D eigenvalue weighted by molar-refractivity contribution is -0.118. The van der Waals surface area contributed by atoms with Crippen molar-refractivity contribution >= 4 is 17.9 Å². The van der Waals surface area contributed by atoms with Gasteiger partial charge in [0.15, 0.2) is 6.61 Å². The number of anilines is 1. The van der Waals surface area contributed by atoms with Crippen LogP contribution >= 0.6 is 0 Å². The maximum Gasteiger partial charge on any atom is 0.262 e. The minimum absolute atomic E-state index is 0.118. The molecule has 0 aliphatic rings. The van der Waals surface area contributed by atoms with Crippen molar-refractivity contribution < 1.29 is 19.1 Å². The van der Waals surface area contributed by atoms with E-state index in [1.807, 2.05) is 30.3 Å². The molecule has 1 amide bonds. The predicted octanol–water partition coefficient (Wildman–Crippen LogP) is 4.10. The Morgan fingerprint density at radius 1 is 0.815 bits per heavy atom. The Hall–Kier alpha value is -3.60. The van der Waals surface area contributed by atoms with Gasteiger partial charge in [-0.1, -0.05) is 30.3 Å². The van der Waals surface area contributed by atoms with E-state index in [0.717, 1.165) is 17.6 Å². The molecule has 0 saturated carbocycles. The zero-order valence-electron chi connectivity index (χ0n) is 14.6. The van der Waals surface area contributed by atoms with Crippen LogP contribution in [-0.2, 0) is 11.4 Å². The van der Waals surface area contributed by atoms with Crippen LogP contribution in [-0.4, -0.2) is 18.8 Å². The first kappa shape index (κ1) is 18.2. The average molecular weight is 361 g/mol. The molecule has 5 nitrogen and oxygen atoms in total. The van der Waals surface area contributed by atoms with Gasteiger partial charge in [0, 0.05) is 11.3 Å². The minimum atomic E-state index is -0.271. The zero-order valence-corrected chi connectivity index (χ0v) is 14.6. The molecule has 0 saturated heterocycles. The first-order valence-corrected chi connectivity index (χ1v) is 8.47. The van der Waals surface area contributed by atoms with Gasteiger partial charge in [-0.3, -0.25) is 9.59 Å². The van der Waals surface area contributed by atoms with Crippen LogP contribution in [0.2, 0.25) is 0 Å². The molecular weight excluding hydrogens is 342 g/mol. The molecule has 136 valence electrons. The third-order valence-corrected chi connectivity index (χ3v) is 3.77. The molecule has 0 unspecified atom stereocenters. The van der Waals surface area contributed by atoms with Crippen molar-refractivity contribution in [2.75, 3.05) is 11.9 Å². The van der Waals surface area contributed by atoms with Gasteiger partial charge in [-0.2, -0.15) is 0 Å². The Morgan fingerprint density at radius 2 is 1.44 bits per heavy atom.